The summed E-state index contributed by atoms with van der Waals surface area (Å²) in [4.78, 5) is 22.9. The summed E-state index contributed by atoms with van der Waals surface area (Å²) >= 11 is 0. The van der Waals surface area contributed by atoms with Gasteiger partial charge in [-0.3, -0.25) is 9.36 Å². The van der Waals surface area contributed by atoms with Gasteiger partial charge in [-0.15, -0.1) is 0 Å². The summed E-state index contributed by atoms with van der Waals surface area (Å²) in [5.74, 6) is -0.996. The molecule has 164 valence electrons. The van der Waals surface area contributed by atoms with Crippen molar-refractivity contribution in [2.45, 2.75) is 103 Å². The minimum Gasteiger partial charge on any atom is -0.407 e. The molecule has 0 aromatic heterocycles. The number of nitrogens with two attached hydrogens (primary N) is 1. The molecule has 0 bridgehead atoms. The Balaban J connectivity index is 3.49. The van der Waals surface area contributed by atoms with Crippen LogP contribution in [0.25, 0.3) is 0 Å². The first-order valence-electron chi connectivity index (χ1n) is 10.8. The molecule has 0 radical (unpaired) electrons. The summed E-state index contributed by atoms with van der Waals surface area (Å²) in [6.45, 7) is 1.64. The lowest BCUT2D eigenvalue weighted by molar-refractivity contribution is -0.137. The van der Waals surface area contributed by atoms with Gasteiger partial charge < -0.3 is 15.4 Å². The fraction of sp³-hybridized carbons (Fsp3) is 0.810. The van der Waals surface area contributed by atoms with Crippen LogP contribution in [0.2, 0.25) is 0 Å². The largest absolute Gasteiger partial charge is 0.407 e. The zero-order valence-corrected chi connectivity index (χ0v) is 18.5. The standard InChI is InChI=1S/C21H40NO5P/c1-2-3-4-5-6-7-8-9-10-11-12-13-14-15-16-17-20(24)28(26)27-21(25)19(22)18-23/h9-10,19,23,28H,2-8,11-18,22H2,1H3/b10-9-/t19-/m0/s1. The number of rotatable bonds is 19. The van der Waals surface area contributed by atoms with Crippen LogP contribution in [0.3, 0.4) is 0 Å². The number of carbonyl (C=O) groups is 2. The third-order valence-corrected chi connectivity index (χ3v) is 5.68. The number of aliphatic hydroxyl groups excluding tert-OH is 1. The molecule has 0 aromatic carbocycles. The maximum absolute atomic E-state index is 11.7. The van der Waals surface area contributed by atoms with Crippen molar-refractivity contribution in [3.63, 3.8) is 0 Å². The fourth-order valence-electron chi connectivity index (χ4n) is 2.76. The highest BCUT2D eigenvalue weighted by molar-refractivity contribution is 7.59. The van der Waals surface area contributed by atoms with Crippen LogP contribution >= 0.6 is 8.03 Å². The zero-order valence-electron chi connectivity index (χ0n) is 17.5. The van der Waals surface area contributed by atoms with Crippen molar-refractivity contribution in [1.82, 2.24) is 0 Å². The quantitative estimate of drug-likeness (QED) is 0.176. The molecule has 0 heterocycles. The first-order valence-corrected chi connectivity index (χ1v) is 12.1. The number of carbonyl (C=O) groups excluding carboxylic acids is 2. The van der Waals surface area contributed by atoms with Crippen molar-refractivity contribution in [2.75, 3.05) is 6.61 Å². The normalized spacial score (nSPS) is 13.5. The SMILES string of the molecule is CCCCCCCC/C=C\CCCCCCCC(=O)[PH](=O)OC(=O)[C@@H](N)CO. The lowest BCUT2D eigenvalue weighted by Gasteiger charge is -2.07. The lowest BCUT2D eigenvalue weighted by atomic mass is 10.1. The molecule has 28 heavy (non-hydrogen) atoms. The Kier molecular flexibility index (Phi) is 18.7. The van der Waals surface area contributed by atoms with Crippen LogP contribution in [0, 0.1) is 0 Å². The summed E-state index contributed by atoms with van der Waals surface area (Å²) in [6.07, 6.45) is 19.8. The molecule has 7 heteroatoms. The summed E-state index contributed by atoms with van der Waals surface area (Å²) < 4.78 is 16.1. The summed E-state index contributed by atoms with van der Waals surface area (Å²) in [6, 6.07) is -1.25. The minimum atomic E-state index is -3.08. The number of allylic oxidation sites excluding steroid dienone is 2. The second kappa shape index (κ2) is 19.4. The van der Waals surface area contributed by atoms with E-state index in [0.29, 0.717) is 6.42 Å². The van der Waals surface area contributed by atoms with E-state index >= 15 is 0 Å². The van der Waals surface area contributed by atoms with Crippen molar-refractivity contribution in [3.05, 3.63) is 12.2 Å². The predicted molar refractivity (Wildman–Crippen MR) is 115 cm³/mol. The van der Waals surface area contributed by atoms with Crippen molar-refractivity contribution in [1.29, 1.82) is 0 Å². The van der Waals surface area contributed by atoms with Crippen LogP contribution < -0.4 is 5.73 Å². The molecular formula is C21H40NO5P. The molecule has 1 unspecified atom stereocenters. The summed E-state index contributed by atoms with van der Waals surface area (Å²) in [5, 5.41) is 8.70. The number of unbranched alkanes of at least 4 members (excludes halogenated alkanes) is 11. The maximum atomic E-state index is 11.7. The van der Waals surface area contributed by atoms with Crippen molar-refractivity contribution < 1.29 is 23.8 Å². The molecule has 0 saturated carbocycles. The molecule has 0 aliphatic carbocycles. The van der Waals surface area contributed by atoms with E-state index in [1.54, 1.807) is 0 Å². The number of aliphatic hydroxyl groups is 1. The highest BCUT2D eigenvalue weighted by Gasteiger charge is 2.20. The van der Waals surface area contributed by atoms with Crippen LogP contribution in [0.5, 0.6) is 0 Å². The van der Waals surface area contributed by atoms with E-state index in [9.17, 15) is 14.2 Å². The third kappa shape index (κ3) is 16.0. The van der Waals surface area contributed by atoms with Gasteiger partial charge in [0.1, 0.15) is 6.04 Å². The highest BCUT2D eigenvalue weighted by Crippen LogP contribution is 2.27. The fourth-order valence-corrected chi connectivity index (χ4v) is 3.59. The van der Waals surface area contributed by atoms with Crippen LogP contribution in [0.15, 0.2) is 12.2 Å². The molecule has 0 aliphatic heterocycles. The molecule has 0 amide bonds. The van der Waals surface area contributed by atoms with Crippen LogP contribution in [0.1, 0.15) is 96.8 Å². The highest BCUT2D eigenvalue weighted by atomic mass is 31.1. The molecule has 0 rings (SSSR count). The van der Waals surface area contributed by atoms with Crippen LogP contribution in [0.4, 0.5) is 0 Å². The molecule has 3 N–H and O–H groups in total. The van der Waals surface area contributed by atoms with Gasteiger partial charge in [0.05, 0.1) is 6.61 Å². The minimum absolute atomic E-state index is 0.150. The van der Waals surface area contributed by atoms with Gasteiger partial charge in [0.15, 0.2) is 0 Å². The Morgan fingerprint density at radius 1 is 0.929 bits per heavy atom. The van der Waals surface area contributed by atoms with E-state index in [1.807, 2.05) is 0 Å². The van der Waals surface area contributed by atoms with Gasteiger partial charge in [-0.1, -0.05) is 70.4 Å². The maximum Gasteiger partial charge on any atom is 0.330 e. The van der Waals surface area contributed by atoms with E-state index in [4.69, 9.17) is 10.8 Å². The molecule has 0 aromatic rings. The predicted octanol–water partition coefficient (Wildman–Crippen LogP) is 4.89. The van der Waals surface area contributed by atoms with Crippen molar-refractivity contribution in [3.8, 4) is 0 Å². The van der Waals surface area contributed by atoms with E-state index in [2.05, 4.69) is 23.6 Å². The summed E-state index contributed by atoms with van der Waals surface area (Å²) in [7, 11) is -3.08. The third-order valence-electron chi connectivity index (χ3n) is 4.59. The van der Waals surface area contributed by atoms with Crippen molar-refractivity contribution in [2.24, 2.45) is 5.73 Å². The van der Waals surface area contributed by atoms with Gasteiger partial charge in [-0.25, -0.2) is 4.79 Å². The molecule has 0 saturated heterocycles. The molecule has 0 spiro atoms. The molecule has 0 aliphatic rings. The lowest BCUT2D eigenvalue weighted by Crippen LogP contribution is -2.34. The van der Waals surface area contributed by atoms with Gasteiger partial charge in [-0.05, 0) is 32.1 Å². The van der Waals surface area contributed by atoms with Gasteiger partial charge >= 0.3 is 14.0 Å². The molecular weight excluding hydrogens is 377 g/mol. The van der Waals surface area contributed by atoms with E-state index < -0.39 is 32.2 Å². The second-order valence-corrected chi connectivity index (χ2v) is 8.59. The average Bonchev–Trinajstić information content (AvgIpc) is 2.69. The van der Waals surface area contributed by atoms with Crippen LogP contribution in [-0.4, -0.2) is 29.2 Å². The van der Waals surface area contributed by atoms with Gasteiger partial charge in [0.2, 0.25) is 5.52 Å². The number of hydrogen-bond acceptors (Lipinski definition) is 6. The molecule has 2 atom stereocenters. The van der Waals surface area contributed by atoms with Gasteiger partial charge in [0, 0.05) is 6.42 Å². The van der Waals surface area contributed by atoms with Gasteiger partial charge in [-0.2, -0.15) is 0 Å². The summed E-state index contributed by atoms with van der Waals surface area (Å²) in [5.41, 5.74) is 4.70. The van der Waals surface area contributed by atoms with E-state index in [0.717, 1.165) is 32.1 Å². The van der Waals surface area contributed by atoms with E-state index in [-0.39, 0.29) is 6.42 Å². The molecule has 0 fully saturated rings. The Hall–Kier alpha value is -0.970. The first kappa shape index (κ1) is 27.0. The van der Waals surface area contributed by atoms with Gasteiger partial charge in [0.25, 0.3) is 0 Å². The monoisotopic (exact) mass is 417 g/mol. The Labute approximate surface area is 171 Å². The Morgan fingerprint density at radius 2 is 1.43 bits per heavy atom. The average molecular weight is 418 g/mol. The second-order valence-electron chi connectivity index (χ2n) is 7.26. The topological polar surface area (TPSA) is 107 Å². The molecule has 6 nitrogen and oxygen atoms in total. The Morgan fingerprint density at radius 3 is 1.96 bits per heavy atom. The smallest absolute Gasteiger partial charge is 0.330 e. The number of hydrogen-bond donors (Lipinski definition) is 2. The first-order chi connectivity index (χ1) is 13.5. The Bertz CT molecular complexity index is 468. The van der Waals surface area contributed by atoms with Crippen molar-refractivity contribution >= 4 is 19.5 Å². The van der Waals surface area contributed by atoms with Crippen LogP contribution in [-0.2, 0) is 18.7 Å². The zero-order chi connectivity index (χ0) is 21.0. The van der Waals surface area contributed by atoms with E-state index in [1.165, 1.54) is 44.9 Å².